The lowest BCUT2D eigenvalue weighted by Crippen LogP contribution is -1.92. The molecule has 0 saturated carbocycles. The number of pyridine rings is 2. The Balaban J connectivity index is 2.19. The van der Waals surface area contributed by atoms with Crippen LogP contribution in [0.2, 0.25) is 0 Å². The van der Waals surface area contributed by atoms with Crippen LogP contribution in [0.4, 0.5) is 4.39 Å². The largest absolute Gasteiger partial charge is 0.497 e. The van der Waals surface area contributed by atoms with Crippen molar-refractivity contribution in [3.05, 3.63) is 53.6 Å². The summed E-state index contributed by atoms with van der Waals surface area (Å²) in [5, 5.41) is 2.12. The van der Waals surface area contributed by atoms with E-state index in [1.807, 2.05) is 0 Å². The molecule has 1 atom stereocenters. The van der Waals surface area contributed by atoms with Crippen LogP contribution in [-0.2, 0) is 10.7 Å². The molecule has 0 fully saturated rings. The average Bonchev–Trinajstić information content (AvgIpc) is 2.46. The smallest absolute Gasteiger partial charge is 0.148 e. The Kier molecular flexibility index (Phi) is 4.35. The highest BCUT2D eigenvalue weighted by Gasteiger charge is 2.01. The third-order valence-electron chi connectivity index (χ3n) is 2.32. The van der Waals surface area contributed by atoms with Crippen molar-refractivity contribution >= 4 is 16.8 Å². The second-order valence-corrected chi connectivity index (χ2v) is 4.91. The zero-order chi connectivity index (χ0) is 13.7. The maximum absolute atomic E-state index is 13.4. The second kappa shape index (κ2) is 6.19. The van der Waals surface area contributed by atoms with E-state index in [0.717, 1.165) is 0 Å². The first-order chi connectivity index (χ1) is 9.20. The molecule has 1 N–H and O–H groups in total. The minimum Gasteiger partial charge on any atom is -0.497 e. The lowest BCUT2D eigenvalue weighted by atomic mass is 10.3. The predicted molar refractivity (Wildman–Crippen MR) is 72.4 cm³/mol. The Bertz CT molecular complexity index is 631. The van der Waals surface area contributed by atoms with Gasteiger partial charge in [-0.2, -0.15) is 0 Å². The topological polar surface area (TPSA) is 58.9 Å². The Morgan fingerprint density at radius 1 is 1.32 bits per heavy atom. The molecular weight excluding hydrogens is 265 g/mol. The summed E-state index contributed by atoms with van der Waals surface area (Å²) < 4.78 is 26.4. The molecule has 2 heterocycles. The molecule has 0 radical (unpaired) electrons. The lowest BCUT2D eigenvalue weighted by Gasteiger charge is -2.02. The van der Waals surface area contributed by atoms with Gasteiger partial charge in [0, 0.05) is 18.5 Å². The molecule has 0 aliphatic rings. The molecule has 2 rings (SSSR count). The van der Waals surface area contributed by atoms with Crippen molar-refractivity contribution in [1.29, 1.82) is 4.78 Å². The summed E-state index contributed by atoms with van der Waals surface area (Å²) in [6.45, 7) is 0. The normalized spacial score (nSPS) is 12.5. The van der Waals surface area contributed by atoms with Crippen molar-refractivity contribution in [3.8, 4) is 5.75 Å². The van der Waals surface area contributed by atoms with Gasteiger partial charge < -0.3 is 4.74 Å². The fourth-order valence-corrected chi connectivity index (χ4v) is 2.18. The van der Waals surface area contributed by atoms with Crippen LogP contribution in [0, 0.1) is 10.6 Å². The number of halogens is 1. The van der Waals surface area contributed by atoms with E-state index in [2.05, 4.69) is 9.97 Å². The van der Waals surface area contributed by atoms with Crippen LogP contribution in [0.3, 0.4) is 0 Å². The van der Waals surface area contributed by atoms with Gasteiger partial charge in [0.25, 0.3) is 0 Å². The number of nitrogens with zero attached hydrogens (tertiary/aromatic N) is 2. The fourth-order valence-electron chi connectivity index (χ4n) is 1.36. The SMILES string of the molecule is COc1ccnc(S(=N)/C=C/c2ncccc2F)c1. The van der Waals surface area contributed by atoms with Gasteiger partial charge in [-0.15, -0.1) is 0 Å². The number of hydrogen-bond acceptors (Lipinski definition) is 4. The molecule has 0 spiro atoms. The van der Waals surface area contributed by atoms with Gasteiger partial charge >= 0.3 is 0 Å². The molecule has 0 saturated heterocycles. The molecule has 0 aliphatic carbocycles. The number of hydrogen-bond donors (Lipinski definition) is 1. The van der Waals surface area contributed by atoms with Crippen LogP contribution < -0.4 is 4.74 Å². The van der Waals surface area contributed by atoms with Crippen LogP contribution >= 0.6 is 0 Å². The Morgan fingerprint density at radius 2 is 2.16 bits per heavy atom. The van der Waals surface area contributed by atoms with E-state index in [9.17, 15) is 4.39 Å². The molecule has 98 valence electrons. The Hall–Kier alpha value is -2.08. The molecule has 0 aliphatic heterocycles. The maximum atomic E-state index is 13.4. The first-order valence-electron chi connectivity index (χ1n) is 5.44. The molecule has 0 aromatic carbocycles. The molecule has 0 bridgehead atoms. The highest BCUT2D eigenvalue weighted by atomic mass is 32.2. The van der Waals surface area contributed by atoms with Crippen LogP contribution in [-0.4, -0.2) is 17.1 Å². The summed E-state index contributed by atoms with van der Waals surface area (Å²) in [5.74, 6) is 0.238. The molecule has 4 nitrogen and oxygen atoms in total. The zero-order valence-electron chi connectivity index (χ0n) is 10.2. The third-order valence-corrected chi connectivity index (χ3v) is 3.40. The van der Waals surface area contributed by atoms with Gasteiger partial charge in [0.05, 0.1) is 12.8 Å². The summed E-state index contributed by atoms with van der Waals surface area (Å²) in [6.07, 6.45) is 4.58. The van der Waals surface area contributed by atoms with E-state index in [1.165, 1.54) is 24.4 Å². The second-order valence-electron chi connectivity index (χ2n) is 3.54. The minimum atomic E-state index is -0.982. The summed E-state index contributed by atoms with van der Waals surface area (Å²) in [5.41, 5.74) is 0.218. The number of ether oxygens (including phenoxy) is 1. The van der Waals surface area contributed by atoms with Crippen molar-refractivity contribution in [1.82, 2.24) is 9.97 Å². The highest BCUT2D eigenvalue weighted by molar-refractivity contribution is 7.89. The number of aromatic nitrogens is 2. The summed E-state index contributed by atoms with van der Waals surface area (Å²) >= 11 is 0. The summed E-state index contributed by atoms with van der Waals surface area (Å²) in [4.78, 5) is 7.99. The van der Waals surface area contributed by atoms with Gasteiger partial charge in [0.15, 0.2) is 0 Å². The van der Waals surface area contributed by atoms with E-state index >= 15 is 0 Å². The van der Waals surface area contributed by atoms with Crippen LogP contribution in [0.25, 0.3) is 6.08 Å². The molecular formula is C13H12FN3OS. The van der Waals surface area contributed by atoms with Gasteiger partial charge in [-0.1, -0.05) is 0 Å². The molecule has 2 aromatic heterocycles. The molecule has 19 heavy (non-hydrogen) atoms. The van der Waals surface area contributed by atoms with E-state index in [1.54, 1.807) is 30.8 Å². The van der Waals surface area contributed by atoms with Crippen LogP contribution in [0.5, 0.6) is 5.75 Å². The van der Waals surface area contributed by atoms with Gasteiger partial charge in [0.2, 0.25) is 0 Å². The van der Waals surface area contributed by atoms with Crippen molar-refractivity contribution in [2.75, 3.05) is 7.11 Å². The number of nitrogens with one attached hydrogen (secondary N) is 1. The highest BCUT2D eigenvalue weighted by Crippen LogP contribution is 2.15. The number of rotatable bonds is 4. The first kappa shape index (κ1) is 13.4. The fraction of sp³-hybridized carbons (Fsp3) is 0.0769. The third kappa shape index (κ3) is 3.45. The van der Waals surface area contributed by atoms with E-state index < -0.39 is 16.5 Å². The molecule has 6 heteroatoms. The zero-order valence-corrected chi connectivity index (χ0v) is 11.0. The quantitative estimate of drug-likeness (QED) is 0.934. The van der Waals surface area contributed by atoms with E-state index in [-0.39, 0.29) is 5.69 Å². The van der Waals surface area contributed by atoms with E-state index in [4.69, 9.17) is 9.52 Å². The first-order valence-corrected chi connectivity index (χ1v) is 6.72. The molecule has 0 amide bonds. The van der Waals surface area contributed by atoms with Crippen molar-refractivity contribution in [2.45, 2.75) is 5.03 Å². The molecule has 2 aromatic rings. The average molecular weight is 277 g/mol. The van der Waals surface area contributed by atoms with Crippen LogP contribution in [0.1, 0.15) is 5.69 Å². The van der Waals surface area contributed by atoms with Gasteiger partial charge in [-0.25, -0.2) is 9.37 Å². The molecule has 1 unspecified atom stereocenters. The van der Waals surface area contributed by atoms with E-state index in [0.29, 0.717) is 10.8 Å². The van der Waals surface area contributed by atoms with Crippen molar-refractivity contribution in [3.63, 3.8) is 0 Å². The number of methoxy groups -OCH3 is 1. The summed E-state index contributed by atoms with van der Waals surface area (Å²) in [7, 11) is 0.573. The van der Waals surface area contributed by atoms with Gasteiger partial charge in [-0.05, 0) is 40.4 Å². The van der Waals surface area contributed by atoms with Crippen LogP contribution in [0.15, 0.2) is 47.1 Å². The maximum Gasteiger partial charge on any atom is 0.148 e. The predicted octanol–water partition coefficient (Wildman–Crippen LogP) is 3.03. The minimum absolute atomic E-state index is 0.218. The lowest BCUT2D eigenvalue weighted by molar-refractivity contribution is 0.412. The monoisotopic (exact) mass is 277 g/mol. The summed E-state index contributed by atoms with van der Waals surface area (Å²) in [6, 6.07) is 6.26. The Morgan fingerprint density at radius 3 is 2.89 bits per heavy atom. The van der Waals surface area contributed by atoms with Gasteiger partial charge in [-0.3, -0.25) is 9.76 Å². The van der Waals surface area contributed by atoms with Gasteiger partial charge in [0.1, 0.15) is 16.6 Å². The van der Waals surface area contributed by atoms with Crippen molar-refractivity contribution in [2.24, 2.45) is 0 Å². The Labute approximate surface area is 112 Å². The standard InChI is InChI=1S/C13H12FN3OS/c1-18-10-4-7-17-13(9-10)19(15)8-5-12-11(14)3-2-6-16-12/h2-9,15H,1H3/b8-5+. The van der Waals surface area contributed by atoms with Crippen molar-refractivity contribution < 1.29 is 9.13 Å².